The summed E-state index contributed by atoms with van der Waals surface area (Å²) in [5, 5.41) is 3.27. The van der Waals surface area contributed by atoms with Crippen molar-refractivity contribution in [3.63, 3.8) is 0 Å². The average molecular weight is 379 g/mol. The third-order valence-electron chi connectivity index (χ3n) is 4.78. The summed E-state index contributed by atoms with van der Waals surface area (Å²) >= 11 is 6.36. The number of Topliss-reactive ketones (excluding diaryl/α,β-unsaturated/α-hetero) is 2. The van der Waals surface area contributed by atoms with Crippen molar-refractivity contribution in [1.82, 2.24) is 0 Å². The van der Waals surface area contributed by atoms with Crippen molar-refractivity contribution in [2.24, 2.45) is 11.3 Å². The quantitative estimate of drug-likeness (QED) is 0.818. The SMILES string of the molecule is CC1(C)CC(=O)C(C(=O)Nc2cccc(Cl)c2N2CCOCC2)C(=O)C1. The number of ether oxygens (including phenoxy) is 1. The molecule has 3 rings (SSSR count). The maximum Gasteiger partial charge on any atom is 0.242 e. The molecule has 1 amide bonds. The van der Waals surface area contributed by atoms with Gasteiger partial charge in [-0.25, -0.2) is 0 Å². The van der Waals surface area contributed by atoms with Gasteiger partial charge in [-0.1, -0.05) is 31.5 Å². The maximum absolute atomic E-state index is 12.7. The van der Waals surface area contributed by atoms with Crippen LogP contribution in [-0.2, 0) is 19.1 Å². The van der Waals surface area contributed by atoms with E-state index in [0.717, 1.165) is 0 Å². The van der Waals surface area contributed by atoms with Gasteiger partial charge in [0.05, 0.1) is 29.6 Å². The van der Waals surface area contributed by atoms with Gasteiger partial charge >= 0.3 is 0 Å². The molecule has 1 aliphatic heterocycles. The van der Waals surface area contributed by atoms with Gasteiger partial charge in [-0.05, 0) is 17.5 Å². The summed E-state index contributed by atoms with van der Waals surface area (Å²) in [6.07, 6.45) is 0.450. The van der Waals surface area contributed by atoms with E-state index in [-0.39, 0.29) is 29.8 Å². The normalized spacial score (nSPS) is 21.0. The molecular weight excluding hydrogens is 356 g/mol. The molecule has 0 radical (unpaired) electrons. The van der Waals surface area contributed by atoms with E-state index in [2.05, 4.69) is 5.32 Å². The Balaban J connectivity index is 1.83. The highest BCUT2D eigenvalue weighted by molar-refractivity contribution is 6.34. The Bertz CT molecular complexity index is 721. The lowest BCUT2D eigenvalue weighted by molar-refractivity contribution is -0.144. The van der Waals surface area contributed by atoms with Crippen molar-refractivity contribution in [3.8, 4) is 0 Å². The summed E-state index contributed by atoms with van der Waals surface area (Å²) in [7, 11) is 0. The van der Waals surface area contributed by atoms with Crippen LogP contribution < -0.4 is 10.2 Å². The van der Waals surface area contributed by atoms with Crippen molar-refractivity contribution in [2.75, 3.05) is 36.5 Å². The first-order valence-corrected chi connectivity index (χ1v) is 9.14. The number of para-hydroxylation sites is 1. The van der Waals surface area contributed by atoms with Crippen LogP contribution in [0.5, 0.6) is 0 Å². The Morgan fingerprint density at radius 2 is 1.81 bits per heavy atom. The van der Waals surface area contributed by atoms with Crippen molar-refractivity contribution in [3.05, 3.63) is 23.2 Å². The van der Waals surface area contributed by atoms with Crippen LogP contribution in [0.3, 0.4) is 0 Å². The van der Waals surface area contributed by atoms with Crippen LogP contribution >= 0.6 is 11.6 Å². The molecule has 0 spiro atoms. The van der Waals surface area contributed by atoms with Crippen LogP contribution in [-0.4, -0.2) is 43.8 Å². The van der Waals surface area contributed by atoms with E-state index in [4.69, 9.17) is 16.3 Å². The van der Waals surface area contributed by atoms with Crippen LogP contribution in [0.1, 0.15) is 26.7 Å². The van der Waals surface area contributed by atoms with Crippen molar-refractivity contribution < 1.29 is 19.1 Å². The fourth-order valence-corrected chi connectivity index (χ4v) is 3.91. The molecule has 1 aliphatic carbocycles. The van der Waals surface area contributed by atoms with Crippen molar-refractivity contribution in [2.45, 2.75) is 26.7 Å². The third-order valence-corrected chi connectivity index (χ3v) is 5.09. The molecule has 1 N–H and O–H groups in total. The Hall–Kier alpha value is -1.92. The van der Waals surface area contributed by atoms with Gasteiger partial charge in [0.25, 0.3) is 0 Å². The predicted molar refractivity (Wildman–Crippen MR) is 99.6 cm³/mol. The molecule has 0 unspecified atom stereocenters. The van der Waals surface area contributed by atoms with Gasteiger partial charge in [0.15, 0.2) is 17.5 Å². The number of halogens is 1. The van der Waals surface area contributed by atoms with E-state index in [9.17, 15) is 14.4 Å². The summed E-state index contributed by atoms with van der Waals surface area (Å²) in [6, 6.07) is 5.22. The lowest BCUT2D eigenvalue weighted by atomic mass is 9.71. The first-order valence-electron chi connectivity index (χ1n) is 8.76. The first kappa shape index (κ1) is 18.9. The second-order valence-electron chi connectivity index (χ2n) is 7.61. The van der Waals surface area contributed by atoms with Crippen LogP contribution in [0.15, 0.2) is 18.2 Å². The van der Waals surface area contributed by atoms with E-state index < -0.39 is 11.8 Å². The topological polar surface area (TPSA) is 75.7 Å². The van der Waals surface area contributed by atoms with E-state index in [1.54, 1.807) is 18.2 Å². The fraction of sp³-hybridized carbons (Fsp3) is 0.526. The molecule has 1 aromatic carbocycles. The summed E-state index contributed by atoms with van der Waals surface area (Å²) in [5.41, 5.74) is 0.816. The molecule has 2 aliphatic rings. The molecule has 1 heterocycles. The molecule has 0 aromatic heterocycles. The molecule has 1 saturated carbocycles. The molecule has 1 saturated heterocycles. The highest BCUT2D eigenvalue weighted by atomic mass is 35.5. The minimum atomic E-state index is -1.24. The number of ketones is 2. The number of nitrogens with zero attached hydrogens (tertiary/aromatic N) is 1. The predicted octanol–water partition coefficient (Wildman–Crippen LogP) is 2.69. The second-order valence-corrected chi connectivity index (χ2v) is 8.02. The van der Waals surface area contributed by atoms with Crippen LogP contribution in [0.25, 0.3) is 0 Å². The average Bonchev–Trinajstić information content (AvgIpc) is 2.53. The van der Waals surface area contributed by atoms with Crippen molar-refractivity contribution >= 4 is 40.4 Å². The standard InChI is InChI=1S/C19H23ClN2O4/c1-19(2)10-14(23)16(15(24)11-19)18(25)21-13-5-3-4-12(20)17(13)22-6-8-26-9-7-22/h3-5,16H,6-11H2,1-2H3,(H,21,25). The van der Waals surface area contributed by atoms with Gasteiger partial charge in [0.2, 0.25) is 5.91 Å². The number of amides is 1. The lowest BCUT2D eigenvalue weighted by Gasteiger charge is -2.33. The third kappa shape index (κ3) is 3.91. The van der Waals surface area contributed by atoms with Gasteiger partial charge in [-0.3, -0.25) is 14.4 Å². The van der Waals surface area contributed by atoms with Gasteiger partial charge < -0.3 is 15.0 Å². The fourth-order valence-electron chi connectivity index (χ4n) is 3.61. The Morgan fingerprint density at radius 1 is 1.19 bits per heavy atom. The highest BCUT2D eigenvalue weighted by Gasteiger charge is 2.43. The number of morpholine rings is 1. The Morgan fingerprint density at radius 3 is 2.42 bits per heavy atom. The number of anilines is 2. The van der Waals surface area contributed by atoms with Gasteiger partial charge in [0, 0.05) is 25.9 Å². The number of hydrogen-bond acceptors (Lipinski definition) is 5. The molecule has 0 bridgehead atoms. The minimum absolute atomic E-state index is 0.225. The number of carbonyl (C=O) groups is 3. The summed E-state index contributed by atoms with van der Waals surface area (Å²) in [6.45, 7) is 6.19. The second kappa shape index (κ2) is 7.37. The number of carbonyl (C=O) groups excluding carboxylic acids is 3. The monoisotopic (exact) mass is 378 g/mol. The molecule has 6 nitrogen and oxygen atoms in total. The van der Waals surface area contributed by atoms with Gasteiger partial charge in [-0.2, -0.15) is 0 Å². The molecule has 26 heavy (non-hydrogen) atoms. The van der Waals surface area contributed by atoms with Crippen molar-refractivity contribution in [1.29, 1.82) is 0 Å². The van der Waals surface area contributed by atoms with Crippen LogP contribution in [0.4, 0.5) is 11.4 Å². The Labute approximate surface area is 157 Å². The molecule has 140 valence electrons. The summed E-state index contributed by atoms with van der Waals surface area (Å²) in [4.78, 5) is 39.5. The minimum Gasteiger partial charge on any atom is -0.378 e. The first-order chi connectivity index (χ1) is 12.3. The van der Waals surface area contributed by atoms with E-state index in [1.165, 1.54) is 0 Å². The Kier molecular flexibility index (Phi) is 5.34. The number of rotatable bonds is 3. The molecule has 0 atom stereocenters. The summed E-state index contributed by atoms with van der Waals surface area (Å²) in [5.74, 6) is -2.45. The number of hydrogen-bond donors (Lipinski definition) is 1. The van der Waals surface area contributed by atoms with E-state index in [0.29, 0.717) is 42.7 Å². The molecule has 7 heteroatoms. The number of benzene rings is 1. The largest absolute Gasteiger partial charge is 0.378 e. The smallest absolute Gasteiger partial charge is 0.242 e. The molecule has 1 aromatic rings. The van der Waals surface area contributed by atoms with Crippen LogP contribution in [0.2, 0.25) is 5.02 Å². The van der Waals surface area contributed by atoms with Crippen LogP contribution in [0, 0.1) is 11.3 Å². The zero-order valence-electron chi connectivity index (χ0n) is 15.0. The summed E-state index contributed by atoms with van der Waals surface area (Å²) < 4.78 is 5.36. The molecular formula is C19H23ClN2O4. The van der Waals surface area contributed by atoms with Gasteiger partial charge in [0.1, 0.15) is 0 Å². The van der Waals surface area contributed by atoms with E-state index in [1.807, 2.05) is 18.7 Å². The zero-order chi connectivity index (χ0) is 18.9. The molecule has 2 fully saturated rings. The van der Waals surface area contributed by atoms with Gasteiger partial charge in [-0.15, -0.1) is 0 Å². The number of nitrogens with one attached hydrogen (secondary N) is 1. The lowest BCUT2D eigenvalue weighted by Crippen LogP contribution is -2.44. The van der Waals surface area contributed by atoms with E-state index >= 15 is 0 Å². The highest BCUT2D eigenvalue weighted by Crippen LogP contribution is 2.37. The zero-order valence-corrected chi connectivity index (χ0v) is 15.8. The maximum atomic E-state index is 12.7.